The van der Waals surface area contributed by atoms with Gasteiger partial charge in [0, 0.05) is 35.6 Å². The van der Waals surface area contributed by atoms with Gasteiger partial charge in [-0.25, -0.2) is 0 Å². The molecule has 3 heterocycles. The Morgan fingerprint density at radius 2 is 1.74 bits per heavy atom. The van der Waals surface area contributed by atoms with Gasteiger partial charge in [0.1, 0.15) is 5.75 Å². The third-order valence-electron chi connectivity index (χ3n) is 10.7. The Hall–Kier alpha value is -5.17. The molecule has 2 aliphatic rings. The second-order valence-corrected chi connectivity index (χ2v) is 18.3. The third-order valence-corrected chi connectivity index (χ3v) is 15.0. The van der Waals surface area contributed by atoms with Crippen LogP contribution in [0.3, 0.4) is 0 Å². The fourth-order valence-electron chi connectivity index (χ4n) is 8.17. The second-order valence-electron chi connectivity index (χ2n) is 13.6. The van der Waals surface area contributed by atoms with Crippen LogP contribution in [0, 0.1) is 16.0 Å². The predicted molar refractivity (Wildman–Crippen MR) is 193 cm³/mol. The number of aliphatic hydroxyl groups is 1. The minimum Gasteiger partial charge on any atom is -0.497 e. The van der Waals surface area contributed by atoms with Crippen molar-refractivity contribution in [1.82, 2.24) is 9.78 Å². The van der Waals surface area contributed by atoms with Gasteiger partial charge in [-0.05, 0) is 53.9 Å². The van der Waals surface area contributed by atoms with E-state index in [1.54, 1.807) is 42.5 Å². The summed E-state index contributed by atoms with van der Waals surface area (Å²) in [6, 6.07) is 27.1. The number of hydrogen-bond donors (Lipinski definition) is 1. The number of carbonyl (C=O) groups is 1. The summed E-state index contributed by atoms with van der Waals surface area (Å²) >= 11 is 0. The average molecular weight is 691 g/mol. The van der Waals surface area contributed by atoms with Crippen molar-refractivity contribution in [3.63, 3.8) is 0 Å². The van der Waals surface area contributed by atoms with Crippen molar-refractivity contribution in [2.24, 2.45) is 5.92 Å². The van der Waals surface area contributed by atoms with Crippen molar-refractivity contribution < 1.29 is 24.3 Å². The molecule has 1 N–H and O–H groups in total. The van der Waals surface area contributed by atoms with Gasteiger partial charge in [0.25, 0.3) is 17.2 Å². The zero-order valence-electron chi connectivity index (χ0n) is 28.3. The predicted octanol–water partition coefficient (Wildman–Crippen LogP) is 5.45. The number of nitro benzene ring substituents is 1. The molecular weight excluding hydrogens is 653 g/mol. The van der Waals surface area contributed by atoms with Crippen molar-refractivity contribution in [3.8, 4) is 11.4 Å². The molecule has 0 unspecified atom stereocenters. The monoisotopic (exact) mass is 690 g/mol. The maximum Gasteiger partial charge on any atom is 0.279 e. The van der Waals surface area contributed by atoms with Crippen LogP contribution in [0.4, 0.5) is 11.4 Å². The van der Waals surface area contributed by atoms with Crippen molar-refractivity contribution in [2.45, 2.75) is 50.2 Å². The smallest absolute Gasteiger partial charge is 0.279 e. The standard InChI is InChI=1S/C38H38N4O7Si/c1-24-35(50(3,4)30-16-14-29(48-2)15-17-30)34(19-20-43)49-38(24)32-21-28(42(46)47)13-18-33(32)40(37(38)45)23-25-9-11-27(12-10-25)41-36(44)31-8-6-5-7-26(31)22-39-41/h5-18,21-22,24,34-35,43H,19-20,23H2,1-4H3/t24-,34+,35-,38+/m1/s1. The Kier molecular flexibility index (Phi) is 8.41. The molecule has 50 heavy (non-hydrogen) atoms. The first-order valence-electron chi connectivity index (χ1n) is 16.6. The number of benzene rings is 4. The SMILES string of the molecule is COc1ccc([Si](C)(C)[C@H]2[C@H](CCO)O[C@@]3(C(=O)N(Cc4ccc(-n5ncc6ccccc6c5=O)cc4)c4ccc([N+](=O)[O-])cc43)[C@@H]2C)cc1. The fraction of sp³-hybridized carbons (Fsp3) is 0.289. The molecule has 1 aromatic heterocycles. The summed E-state index contributed by atoms with van der Waals surface area (Å²) in [5, 5.41) is 29.0. The van der Waals surface area contributed by atoms with E-state index in [0.717, 1.165) is 21.9 Å². The normalized spacial score (nSPS) is 21.6. The molecular formula is C38H38N4O7Si. The Morgan fingerprint density at radius 1 is 1.02 bits per heavy atom. The number of non-ortho nitro benzene ring substituents is 1. The zero-order chi connectivity index (χ0) is 35.4. The number of nitrogens with zero attached hydrogens (tertiary/aromatic N) is 4. The molecule has 0 bridgehead atoms. The number of fused-ring (bicyclic) bond motifs is 3. The molecule has 0 aliphatic carbocycles. The summed E-state index contributed by atoms with van der Waals surface area (Å²) in [5.74, 6) is 0.0883. The zero-order valence-corrected chi connectivity index (χ0v) is 29.3. The van der Waals surface area contributed by atoms with E-state index in [1.807, 2.05) is 49.4 Å². The van der Waals surface area contributed by atoms with Gasteiger partial charge in [0.15, 0.2) is 5.60 Å². The molecule has 7 rings (SSSR count). The minimum atomic E-state index is -2.41. The van der Waals surface area contributed by atoms with E-state index in [4.69, 9.17) is 9.47 Å². The molecule has 5 aromatic rings. The Bertz CT molecular complexity index is 2170. The summed E-state index contributed by atoms with van der Waals surface area (Å²) in [5.41, 5.74) is 0.450. The van der Waals surface area contributed by atoms with Crippen LogP contribution < -0.4 is 20.4 Å². The first-order chi connectivity index (χ1) is 24.0. The highest BCUT2D eigenvalue weighted by molar-refractivity contribution is 6.91. The van der Waals surface area contributed by atoms with Crippen LogP contribution in [-0.4, -0.2) is 53.6 Å². The summed E-state index contributed by atoms with van der Waals surface area (Å²) < 4.78 is 13.6. The van der Waals surface area contributed by atoms with Crippen LogP contribution >= 0.6 is 0 Å². The van der Waals surface area contributed by atoms with E-state index in [2.05, 4.69) is 30.3 Å². The first kappa shape index (κ1) is 33.3. The molecule has 2 aliphatic heterocycles. The molecule has 0 saturated carbocycles. The lowest BCUT2D eigenvalue weighted by molar-refractivity contribution is -0.385. The molecule has 1 spiro atoms. The molecule has 0 radical (unpaired) electrons. The van der Waals surface area contributed by atoms with Gasteiger partial charge in [-0.3, -0.25) is 19.7 Å². The number of nitro groups is 1. The molecule has 12 heteroatoms. The summed E-state index contributed by atoms with van der Waals surface area (Å²) in [6.45, 7) is 6.54. The highest BCUT2D eigenvalue weighted by Crippen LogP contribution is 2.60. The van der Waals surface area contributed by atoms with Crippen molar-refractivity contribution in [1.29, 1.82) is 0 Å². The van der Waals surface area contributed by atoms with Crippen molar-refractivity contribution in [2.75, 3.05) is 18.6 Å². The average Bonchev–Trinajstić information content (AvgIpc) is 3.55. The number of ether oxygens (including phenoxy) is 2. The summed E-state index contributed by atoms with van der Waals surface area (Å²) in [6.07, 6.45) is 1.52. The summed E-state index contributed by atoms with van der Waals surface area (Å²) in [4.78, 5) is 41.3. The lowest BCUT2D eigenvalue weighted by atomic mass is 9.82. The summed E-state index contributed by atoms with van der Waals surface area (Å²) in [7, 11) is -0.790. The molecule has 1 saturated heterocycles. The minimum absolute atomic E-state index is 0.105. The van der Waals surface area contributed by atoms with Gasteiger partial charge in [0.05, 0.1) is 55.7 Å². The number of hydrogen-bond acceptors (Lipinski definition) is 8. The number of aliphatic hydroxyl groups excluding tert-OH is 1. The number of methoxy groups -OCH3 is 1. The number of amides is 1. The van der Waals surface area contributed by atoms with Crippen molar-refractivity contribution >= 4 is 41.3 Å². The van der Waals surface area contributed by atoms with Gasteiger partial charge in [0.2, 0.25) is 0 Å². The number of anilines is 1. The second kappa shape index (κ2) is 12.6. The van der Waals surface area contributed by atoms with E-state index in [-0.39, 0.29) is 41.8 Å². The van der Waals surface area contributed by atoms with Crippen LogP contribution in [0.5, 0.6) is 5.75 Å². The van der Waals surface area contributed by atoms with E-state index in [9.17, 15) is 24.8 Å². The number of aromatic nitrogens is 2. The molecule has 11 nitrogen and oxygen atoms in total. The van der Waals surface area contributed by atoms with Gasteiger partial charge < -0.3 is 19.5 Å². The third kappa shape index (κ3) is 5.22. The lowest BCUT2D eigenvalue weighted by Gasteiger charge is -2.37. The van der Waals surface area contributed by atoms with Gasteiger partial charge in [-0.2, -0.15) is 9.78 Å². The lowest BCUT2D eigenvalue weighted by Crippen LogP contribution is -2.51. The van der Waals surface area contributed by atoms with Crippen LogP contribution in [0.1, 0.15) is 24.5 Å². The maximum absolute atomic E-state index is 14.9. The Balaban J connectivity index is 1.27. The van der Waals surface area contributed by atoms with Crippen LogP contribution in [-0.2, 0) is 21.7 Å². The van der Waals surface area contributed by atoms with Gasteiger partial charge >= 0.3 is 0 Å². The van der Waals surface area contributed by atoms with E-state index < -0.39 is 24.7 Å². The van der Waals surface area contributed by atoms with E-state index in [0.29, 0.717) is 28.7 Å². The fourth-order valence-corrected chi connectivity index (χ4v) is 12.2. The highest BCUT2D eigenvalue weighted by atomic mass is 28.3. The quantitative estimate of drug-likeness (QED) is 0.123. The van der Waals surface area contributed by atoms with E-state index >= 15 is 0 Å². The van der Waals surface area contributed by atoms with Crippen LogP contribution in [0.15, 0.2) is 102 Å². The van der Waals surface area contributed by atoms with Crippen molar-refractivity contribution in [3.05, 3.63) is 129 Å². The molecule has 1 fully saturated rings. The molecule has 4 aromatic carbocycles. The van der Waals surface area contributed by atoms with E-state index in [1.165, 1.54) is 16.8 Å². The number of rotatable bonds is 9. The Labute approximate surface area is 289 Å². The van der Waals surface area contributed by atoms with Gasteiger partial charge in [-0.15, -0.1) is 0 Å². The number of carbonyl (C=O) groups excluding carboxylic acids is 1. The largest absolute Gasteiger partial charge is 0.497 e. The van der Waals surface area contributed by atoms with Crippen LogP contribution in [0.2, 0.25) is 18.6 Å². The maximum atomic E-state index is 14.9. The highest BCUT2D eigenvalue weighted by Gasteiger charge is 2.66. The van der Waals surface area contributed by atoms with Gasteiger partial charge in [-0.1, -0.05) is 67.7 Å². The Morgan fingerprint density at radius 3 is 2.42 bits per heavy atom. The molecule has 256 valence electrons. The first-order valence-corrected chi connectivity index (χ1v) is 19.7. The molecule has 1 amide bonds. The van der Waals surface area contributed by atoms with Crippen LogP contribution in [0.25, 0.3) is 16.5 Å². The topological polar surface area (TPSA) is 137 Å². The molecule has 4 atom stereocenters.